The van der Waals surface area contributed by atoms with Gasteiger partial charge in [0.15, 0.2) is 11.5 Å². The van der Waals surface area contributed by atoms with Crippen molar-refractivity contribution in [1.29, 1.82) is 0 Å². The molecule has 0 bridgehead atoms. The molecule has 0 saturated heterocycles. The van der Waals surface area contributed by atoms with Gasteiger partial charge in [0.05, 0.1) is 41.7 Å². The molecule has 0 radical (unpaired) electrons. The van der Waals surface area contributed by atoms with Crippen LogP contribution in [0.15, 0.2) is 35.6 Å². The normalized spacial score (nSPS) is 16.8. The number of benzene rings is 1. The molecule has 0 unspecified atom stereocenters. The van der Waals surface area contributed by atoms with Gasteiger partial charge in [0, 0.05) is 6.54 Å². The lowest BCUT2D eigenvalue weighted by molar-refractivity contribution is -0.129. The minimum Gasteiger partial charge on any atom is -0.503 e. The van der Waals surface area contributed by atoms with Crippen LogP contribution in [0.4, 0.5) is 0 Å². The van der Waals surface area contributed by atoms with E-state index in [-0.39, 0.29) is 17.9 Å². The van der Waals surface area contributed by atoms with Crippen molar-refractivity contribution in [3.63, 3.8) is 0 Å². The topological polar surface area (TPSA) is 84.7 Å². The van der Waals surface area contributed by atoms with Crippen LogP contribution in [0, 0.1) is 13.8 Å². The zero-order valence-corrected chi connectivity index (χ0v) is 16.9. The fourth-order valence-corrected chi connectivity index (χ4v) is 3.61. The van der Waals surface area contributed by atoms with Gasteiger partial charge in [0.1, 0.15) is 5.75 Å². The number of amides is 1. The van der Waals surface area contributed by atoms with E-state index in [4.69, 9.17) is 16.3 Å². The minimum absolute atomic E-state index is 0.0987. The molecular formula is C20H22ClN3O4. The third-order valence-electron chi connectivity index (χ3n) is 4.96. The molecule has 0 saturated carbocycles. The number of aliphatic hydroxyl groups is 1. The fourth-order valence-electron chi connectivity index (χ4n) is 3.47. The first kappa shape index (κ1) is 19.9. The summed E-state index contributed by atoms with van der Waals surface area (Å²) in [7, 11) is 1.56. The third-order valence-corrected chi connectivity index (χ3v) is 5.51. The van der Waals surface area contributed by atoms with Gasteiger partial charge in [-0.1, -0.05) is 23.7 Å². The van der Waals surface area contributed by atoms with E-state index < -0.39 is 17.7 Å². The maximum atomic E-state index is 12.7. The number of aromatic nitrogens is 2. The minimum atomic E-state index is -0.664. The molecule has 2 aromatic rings. The molecule has 0 spiro atoms. The molecule has 1 amide bonds. The Morgan fingerprint density at radius 3 is 2.39 bits per heavy atom. The highest BCUT2D eigenvalue weighted by Crippen LogP contribution is 2.38. The Kier molecular flexibility index (Phi) is 5.47. The molecule has 1 N–H and O–H groups in total. The molecular weight excluding hydrogens is 382 g/mol. The Labute approximate surface area is 168 Å². The number of rotatable bonds is 6. The van der Waals surface area contributed by atoms with Crippen LogP contribution in [0.2, 0.25) is 5.02 Å². The number of halogens is 1. The molecule has 1 aliphatic heterocycles. The fraction of sp³-hybridized carbons (Fsp3) is 0.350. The number of ether oxygens (including phenoxy) is 1. The first-order valence-corrected chi connectivity index (χ1v) is 9.22. The van der Waals surface area contributed by atoms with E-state index >= 15 is 0 Å². The molecule has 0 aliphatic carbocycles. The first-order chi connectivity index (χ1) is 13.3. The molecule has 1 aromatic heterocycles. The molecule has 148 valence electrons. The number of hydrogen-bond acceptors (Lipinski definition) is 5. The van der Waals surface area contributed by atoms with Crippen molar-refractivity contribution in [3.8, 4) is 5.75 Å². The largest absolute Gasteiger partial charge is 0.503 e. The molecule has 3 rings (SSSR count). The van der Waals surface area contributed by atoms with E-state index in [2.05, 4.69) is 5.10 Å². The summed E-state index contributed by atoms with van der Waals surface area (Å²) in [5.74, 6) is -0.754. The van der Waals surface area contributed by atoms with Gasteiger partial charge in [0.25, 0.3) is 5.91 Å². The summed E-state index contributed by atoms with van der Waals surface area (Å²) < 4.78 is 6.90. The second-order valence-electron chi connectivity index (χ2n) is 6.70. The summed E-state index contributed by atoms with van der Waals surface area (Å²) in [6, 6.07) is 6.41. The van der Waals surface area contributed by atoms with Crippen molar-refractivity contribution in [3.05, 3.63) is 57.6 Å². The van der Waals surface area contributed by atoms with E-state index in [0.717, 1.165) is 11.3 Å². The average molecular weight is 404 g/mol. The number of ketones is 1. The molecule has 28 heavy (non-hydrogen) atoms. The monoisotopic (exact) mass is 403 g/mol. The van der Waals surface area contributed by atoms with Crippen LogP contribution in [-0.4, -0.2) is 45.1 Å². The van der Waals surface area contributed by atoms with Gasteiger partial charge in [-0.25, -0.2) is 0 Å². The number of Topliss-reactive ketones (excluding diaryl/α,β-unsaturated/α-hetero) is 1. The van der Waals surface area contributed by atoms with Gasteiger partial charge >= 0.3 is 0 Å². The highest BCUT2D eigenvalue weighted by Gasteiger charge is 2.42. The van der Waals surface area contributed by atoms with Crippen LogP contribution in [0.1, 0.15) is 29.9 Å². The van der Waals surface area contributed by atoms with Crippen LogP contribution < -0.4 is 4.74 Å². The first-order valence-electron chi connectivity index (χ1n) is 8.84. The summed E-state index contributed by atoms with van der Waals surface area (Å²) in [5.41, 5.74) is 2.33. The van der Waals surface area contributed by atoms with E-state index in [1.807, 2.05) is 13.8 Å². The lowest BCUT2D eigenvalue weighted by Gasteiger charge is -2.27. The molecule has 0 fully saturated rings. The van der Waals surface area contributed by atoms with Gasteiger partial charge < -0.3 is 14.7 Å². The summed E-state index contributed by atoms with van der Waals surface area (Å²) in [4.78, 5) is 26.3. The van der Waals surface area contributed by atoms with E-state index in [1.54, 1.807) is 36.1 Å². The van der Waals surface area contributed by atoms with E-state index in [9.17, 15) is 14.7 Å². The Bertz CT molecular complexity index is 963. The van der Waals surface area contributed by atoms with Gasteiger partial charge in [-0.15, -0.1) is 0 Å². The molecule has 1 aliphatic rings. The Balaban J connectivity index is 1.94. The highest BCUT2D eigenvalue weighted by molar-refractivity contribution is 6.31. The summed E-state index contributed by atoms with van der Waals surface area (Å²) in [6.07, 6.45) is 0. The maximum Gasteiger partial charge on any atom is 0.290 e. The number of carbonyl (C=O) groups excluding carboxylic acids is 2. The van der Waals surface area contributed by atoms with Crippen molar-refractivity contribution in [2.45, 2.75) is 33.4 Å². The highest BCUT2D eigenvalue weighted by atomic mass is 35.5. The number of aryl methyl sites for hydroxylation is 1. The van der Waals surface area contributed by atoms with Crippen LogP contribution >= 0.6 is 11.6 Å². The zero-order chi connectivity index (χ0) is 20.6. The number of carbonyl (C=O) groups is 2. The zero-order valence-electron chi connectivity index (χ0n) is 16.2. The van der Waals surface area contributed by atoms with E-state index in [1.165, 1.54) is 11.8 Å². The predicted molar refractivity (Wildman–Crippen MR) is 104 cm³/mol. The van der Waals surface area contributed by atoms with Crippen molar-refractivity contribution in [1.82, 2.24) is 14.7 Å². The lowest BCUT2D eigenvalue weighted by Crippen LogP contribution is -2.34. The van der Waals surface area contributed by atoms with Gasteiger partial charge in [-0.3, -0.25) is 14.3 Å². The Morgan fingerprint density at radius 2 is 1.89 bits per heavy atom. The van der Waals surface area contributed by atoms with Gasteiger partial charge in [-0.2, -0.15) is 5.10 Å². The second-order valence-corrected chi connectivity index (χ2v) is 7.08. The SMILES string of the molecule is COc1ccc([C@H]2C(C(C)=O)=C(O)C(=O)N2CCn2nc(C)c(Cl)c2C)cc1. The molecule has 7 nitrogen and oxygen atoms in total. The smallest absolute Gasteiger partial charge is 0.290 e. The van der Waals surface area contributed by atoms with Crippen LogP contribution in [0.3, 0.4) is 0 Å². The van der Waals surface area contributed by atoms with Crippen molar-refractivity contribution >= 4 is 23.3 Å². The number of nitrogens with zero attached hydrogens (tertiary/aromatic N) is 3. The second kappa shape index (κ2) is 7.67. The lowest BCUT2D eigenvalue weighted by atomic mass is 9.96. The van der Waals surface area contributed by atoms with Crippen molar-refractivity contribution in [2.75, 3.05) is 13.7 Å². The number of methoxy groups -OCH3 is 1. The van der Waals surface area contributed by atoms with Crippen molar-refractivity contribution < 1.29 is 19.4 Å². The summed E-state index contributed by atoms with van der Waals surface area (Å²) in [6.45, 7) is 5.66. The van der Waals surface area contributed by atoms with Crippen molar-refractivity contribution in [2.24, 2.45) is 0 Å². The Hall–Kier alpha value is -2.80. The third kappa shape index (κ3) is 3.38. The molecule has 1 atom stereocenters. The predicted octanol–water partition coefficient (Wildman–Crippen LogP) is 3.15. The number of hydrogen-bond donors (Lipinski definition) is 1. The Morgan fingerprint density at radius 1 is 1.25 bits per heavy atom. The van der Waals surface area contributed by atoms with E-state index in [0.29, 0.717) is 23.0 Å². The van der Waals surface area contributed by atoms with Crippen LogP contribution in [-0.2, 0) is 16.1 Å². The molecule has 8 heteroatoms. The van der Waals surface area contributed by atoms with Crippen LogP contribution in [0.5, 0.6) is 5.75 Å². The summed E-state index contributed by atoms with van der Waals surface area (Å²) in [5, 5.41) is 15.3. The average Bonchev–Trinajstić information content (AvgIpc) is 3.08. The molecule has 1 aromatic carbocycles. The quantitative estimate of drug-likeness (QED) is 0.800. The number of aliphatic hydroxyl groups excluding tert-OH is 1. The summed E-state index contributed by atoms with van der Waals surface area (Å²) >= 11 is 6.19. The van der Waals surface area contributed by atoms with Crippen LogP contribution in [0.25, 0.3) is 0 Å². The standard InChI is InChI=1S/C20H22ClN3O4/c1-11-17(21)12(2)24(22-11)10-9-23-18(14-5-7-15(28-4)8-6-14)16(13(3)25)19(26)20(23)27/h5-8,18,26H,9-10H2,1-4H3/t18-/m0/s1. The van der Waals surface area contributed by atoms with Gasteiger partial charge in [-0.05, 0) is 38.5 Å². The van der Waals surface area contributed by atoms with Gasteiger partial charge in [0.2, 0.25) is 0 Å². The molecule has 2 heterocycles. The maximum absolute atomic E-state index is 12.7.